The van der Waals surface area contributed by atoms with E-state index < -0.39 is 10.0 Å². The fourth-order valence-corrected chi connectivity index (χ4v) is 5.35. The third-order valence-corrected chi connectivity index (χ3v) is 7.40. The van der Waals surface area contributed by atoms with Gasteiger partial charge in [0.05, 0.1) is 25.0 Å². The first-order valence-corrected chi connectivity index (χ1v) is 11.5. The summed E-state index contributed by atoms with van der Waals surface area (Å²) in [6.07, 6.45) is 1.49. The van der Waals surface area contributed by atoms with Crippen LogP contribution in [-0.4, -0.2) is 50.2 Å². The zero-order chi connectivity index (χ0) is 22.0. The van der Waals surface area contributed by atoms with Crippen LogP contribution >= 0.6 is 0 Å². The second kappa shape index (κ2) is 8.68. The van der Waals surface area contributed by atoms with Crippen molar-refractivity contribution < 1.29 is 22.3 Å². The minimum atomic E-state index is -3.70. The molecule has 3 aromatic rings. The van der Waals surface area contributed by atoms with E-state index in [1.54, 1.807) is 6.07 Å². The van der Waals surface area contributed by atoms with Gasteiger partial charge in [0.15, 0.2) is 11.5 Å². The van der Waals surface area contributed by atoms with Gasteiger partial charge in [-0.25, -0.2) is 8.42 Å². The molecule has 0 saturated carbocycles. The van der Waals surface area contributed by atoms with Gasteiger partial charge in [0.25, 0.3) is 0 Å². The molecule has 164 valence electrons. The minimum absolute atomic E-state index is 0.158. The first-order chi connectivity index (χ1) is 14.9. The molecule has 1 unspecified atom stereocenters. The van der Waals surface area contributed by atoms with E-state index in [1.165, 1.54) is 30.7 Å². The van der Waals surface area contributed by atoms with Crippen molar-refractivity contribution in [2.24, 2.45) is 0 Å². The van der Waals surface area contributed by atoms with Gasteiger partial charge in [-0.2, -0.15) is 4.31 Å². The molecule has 0 N–H and O–H groups in total. The molecule has 1 aliphatic heterocycles. The molecule has 1 aromatic heterocycles. The van der Waals surface area contributed by atoms with Crippen LogP contribution in [-0.2, 0) is 10.0 Å². The van der Waals surface area contributed by atoms with Crippen molar-refractivity contribution in [3.05, 3.63) is 53.9 Å². The highest BCUT2D eigenvalue weighted by atomic mass is 32.2. The van der Waals surface area contributed by atoms with Gasteiger partial charge in [0.1, 0.15) is 0 Å². The van der Waals surface area contributed by atoms with Crippen LogP contribution in [0.25, 0.3) is 11.5 Å². The van der Waals surface area contributed by atoms with E-state index in [2.05, 4.69) is 10.2 Å². The number of aryl methyl sites for hydroxylation is 1. The Morgan fingerprint density at radius 2 is 1.84 bits per heavy atom. The largest absolute Gasteiger partial charge is 0.493 e. The Bertz CT molecular complexity index is 1180. The van der Waals surface area contributed by atoms with E-state index >= 15 is 0 Å². The van der Waals surface area contributed by atoms with Gasteiger partial charge >= 0.3 is 0 Å². The van der Waals surface area contributed by atoms with Gasteiger partial charge in [-0.1, -0.05) is 18.2 Å². The number of piperidine rings is 1. The lowest BCUT2D eigenvalue weighted by Gasteiger charge is -2.30. The van der Waals surface area contributed by atoms with E-state index in [9.17, 15) is 8.42 Å². The van der Waals surface area contributed by atoms with Crippen LogP contribution in [0.3, 0.4) is 0 Å². The maximum atomic E-state index is 13.3. The van der Waals surface area contributed by atoms with E-state index in [0.29, 0.717) is 36.2 Å². The molecule has 0 aliphatic carbocycles. The van der Waals surface area contributed by atoms with Crippen molar-refractivity contribution in [3.8, 4) is 23.0 Å². The van der Waals surface area contributed by atoms with Gasteiger partial charge < -0.3 is 13.9 Å². The number of methoxy groups -OCH3 is 2. The van der Waals surface area contributed by atoms with Gasteiger partial charge in [0, 0.05) is 24.7 Å². The van der Waals surface area contributed by atoms with E-state index in [0.717, 1.165) is 17.5 Å². The highest BCUT2D eigenvalue weighted by molar-refractivity contribution is 7.89. The number of nitrogens with zero attached hydrogens (tertiary/aromatic N) is 3. The summed E-state index contributed by atoms with van der Waals surface area (Å²) in [5.41, 5.74) is 1.92. The summed E-state index contributed by atoms with van der Waals surface area (Å²) in [5, 5.41) is 8.42. The maximum Gasteiger partial charge on any atom is 0.248 e. The molecular formula is C22H25N3O5S. The van der Waals surface area contributed by atoms with Crippen LogP contribution in [0.5, 0.6) is 11.5 Å². The van der Waals surface area contributed by atoms with Crippen molar-refractivity contribution in [2.45, 2.75) is 30.6 Å². The summed E-state index contributed by atoms with van der Waals surface area (Å²) in [4.78, 5) is 0.164. The van der Waals surface area contributed by atoms with Crippen molar-refractivity contribution in [1.82, 2.24) is 14.5 Å². The Balaban J connectivity index is 1.57. The first-order valence-electron chi connectivity index (χ1n) is 10.1. The molecule has 1 aliphatic rings. The summed E-state index contributed by atoms with van der Waals surface area (Å²) >= 11 is 0. The number of sulfonamides is 1. The fraction of sp³-hybridized carbons (Fsp3) is 0.364. The highest BCUT2D eigenvalue weighted by Gasteiger charge is 2.34. The fourth-order valence-electron chi connectivity index (χ4n) is 3.81. The smallest absolute Gasteiger partial charge is 0.248 e. The summed E-state index contributed by atoms with van der Waals surface area (Å²) in [7, 11) is -0.715. The topological polar surface area (TPSA) is 94.8 Å². The number of aromatic nitrogens is 2. The van der Waals surface area contributed by atoms with Crippen molar-refractivity contribution in [2.75, 3.05) is 27.3 Å². The summed E-state index contributed by atoms with van der Waals surface area (Å²) in [5.74, 6) is 1.61. The van der Waals surface area contributed by atoms with E-state index in [-0.39, 0.29) is 17.4 Å². The van der Waals surface area contributed by atoms with E-state index in [4.69, 9.17) is 13.9 Å². The van der Waals surface area contributed by atoms with Gasteiger partial charge in [0.2, 0.25) is 21.8 Å². The van der Waals surface area contributed by atoms with Crippen molar-refractivity contribution in [3.63, 3.8) is 0 Å². The lowest BCUT2D eigenvalue weighted by molar-refractivity contribution is 0.286. The third kappa shape index (κ3) is 4.15. The molecule has 8 nitrogen and oxygen atoms in total. The van der Waals surface area contributed by atoms with Crippen molar-refractivity contribution >= 4 is 10.0 Å². The highest BCUT2D eigenvalue weighted by Crippen LogP contribution is 2.34. The zero-order valence-corrected chi connectivity index (χ0v) is 18.6. The lowest BCUT2D eigenvalue weighted by atomic mass is 10.00. The third-order valence-electron chi connectivity index (χ3n) is 5.54. The first kappa shape index (κ1) is 21.3. The van der Waals surface area contributed by atoms with Crippen LogP contribution in [0.2, 0.25) is 0 Å². The molecule has 0 bridgehead atoms. The van der Waals surface area contributed by atoms with Crippen LogP contribution < -0.4 is 9.47 Å². The van der Waals surface area contributed by atoms with Gasteiger partial charge in [-0.05, 0) is 43.5 Å². The predicted molar refractivity (Wildman–Crippen MR) is 115 cm³/mol. The molecule has 0 spiro atoms. The molecule has 0 amide bonds. The molecule has 1 atom stereocenters. The molecule has 1 saturated heterocycles. The standard InChI is InChI=1S/C22H25N3O5S/c1-15-7-4-5-9-18(15)22-24-23-21(30-22)16-8-6-12-25(14-16)31(26,27)17-10-11-19(28-2)20(13-17)29-3/h4-5,7,9-11,13,16H,6,8,12,14H2,1-3H3. The summed E-state index contributed by atoms with van der Waals surface area (Å²) < 4.78 is 44.4. The molecule has 0 radical (unpaired) electrons. The Kier molecular flexibility index (Phi) is 5.97. The lowest BCUT2D eigenvalue weighted by Crippen LogP contribution is -2.39. The summed E-state index contributed by atoms with van der Waals surface area (Å²) in [6.45, 7) is 2.70. The minimum Gasteiger partial charge on any atom is -0.493 e. The molecule has 31 heavy (non-hydrogen) atoms. The molecule has 1 fully saturated rings. The zero-order valence-electron chi connectivity index (χ0n) is 17.7. The number of benzene rings is 2. The maximum absolute atomic E-state index is 13.3. The quantitative estimate of drug-likeness (QED) is 0.574. The SMILES string of the molecule is COc1ccc(S(=O)(=O)N2CCCC(c3nnc(-c4ccccc4C)o3)C2)cc1OC. The number of ether oxygens (including phenoxy) is 2. The Hall–Kier alpha value is -2.91. The molecule has 2 aromatic carbocycles. The van der Waals surface area contributed by atoms with Gasteiger partial charge in [-0.3, -0.25) is 0 Å². The molecule has 4 rings (SSSR count). The Labute approximate surface area is 181 Å². The average Bonchev–Trinajstić information content (AvgIpc) is 3.29. The Morgan fingerprint density at radius 1 is 1.06 bits per heavy atom. The normalized spacial score (nSPS) is 17.5. The van der Waals surface area contributed by atoms with Crippen LogP contribution in [0.15, 0.2) is 51.8 Å². The van der Waals surface area contributed by atoms with Crippen molar-refractivity contribution in [1.29, 1.82) is 0 Å². The van der Waals surface area contributed by atoms with Crippen LogP contribution in [0.1, 0.15) is 30.2 Å². The molecule has 2 heterocycles. The van der Waals surface area contributed by atoms with Gasteiger partial charge in [-0.15, -0.1) is 10.2 Å². The number of hydrogen-bond acceptors (Lipinski definition) is 7. The number of rotatable bonds is 6. The number of hydrogen-bond donors (Lipinski definition) is 0. The van der Waals surface area contributed by atoms with Crippen LogP contribution in [0.4, 0.5) is 0 Å². The second-order valence-corrected chi connectivity index (χ2v) is 9.42. The Morgan fingerprint density at radius 3 is 2.58 bits per heavy atom. The average molecular weight is 444 g/mol. The second-order valence-electron chi connectivity index (χ2n) is 7.48. The summed E-state index contributed by atoms with van der Waals surface area (Å²) in [6, 6.07) is 12.4. The molecule has 9 heteroatoms. The molecular weight excluding hydrogens is 418 g/mol. The van der Waals surface area contributed by atoms with Crippen LogP contribution in [0, 0.1) is 6.92 Å². The predicted octanol–water partition coefficient (Wildman–Crippen LogP) is 3.63. The monoisotopic (exact) mass is 443 g/mol. The van der Waals surface area contributed by atoms with E-state index in [1.807, 2.05) is 31.2 Å².